The molecule has 0 amide bonds. The van der Waals surface area contributed by atoms with E-state index < -0.39 is 0 Å². The summed E-state index contributed by atoms with van der Waals surface area (Å²) in [5.74, 6) is 1.77. The minimum atomic E-state index is 0.285. The third-order valence-electron chi connectivity index (χ3n) is 4.50. The second kappa shape index (κ2) is 7.78. The molecule has 0 atom stereocenters. The molecule has 23 heavy (non-hydrogen) atoms. The average molecular weight is 331 g/mol. The van der Waals surface area contributed by atoms with E-state index in [1.165, 1.54) is 38.5 Å². The number of nitrogens with zero attached hydrogens (tertiary/aromatic N) is 2. The van der Waals surface area contributed by atoms with Gasteiger partial charge in [0.15, 0.2) is 0 Å². The van der Waals surface area contributed by atoms with Crippen LogP contribution in [-0.2, 0) is 0 Å². The smallest absolute Gasteiger partial charge is 0.223 e. The molecule has 4 heteroatoms. The first-order chi connectivity index (χ1) is 11.2. The molecule has 1 aromatic carbocycles. The van der Waals surface area contributed by atoms with Gasteiger partial charge in [0.05, 0.1) is 12.3 Å². The molecule has 1 aliphatic rings. The summed E-state index contributed by atoms with van der Waals surface area (Å²) >= 11 is 5.93. The fraction of sp³-hybridized carbons (Fsp3) is 0.474. The summed E-state index contributed by atoms with van der Waals surface area (Å²) in [5.41, 5.74) is 2.74. The molecule has 0 radical (unpaired) electrons. The van der Waals surface area contributed by atoms with Gasteiger partial charge in [-0.2, -0.15) is 0 Å². The fourth-order valence-corrected chi connectivity index (χ4v) is 3.45. The second-order valence-corrected chi connectivity index (χ2v) is 6.67. The maximum atomic E-state index is 5.93. The zero-order chi connectivity index (χ0) is 16.1. The van der Waals surface area contributed by atoms with Crippen LogP contribution in [0.1, 0.15) is 44.2 Å². The van der Waals surface area contributed by atoms with Gasteiger partial charge in [-0.25, -0.2) is 9.97 Å². The Morgan fingerprint density at radius 1 is 1.09 bits per heavy atom. The number of hydrogen-bond donors (Lipinski definition) is 0. The number of benzene rings is 1. The number of aromatic nitrogens is 2. The molecule has 0 saturated heterocycles. The van der Waals surface area contributed by atoms with E-state index in [-0.39, 0.29) is 5.28 Å². The molecular formula is C19H23ClN2O. The van der Waals surface area contributed by atoms with E-state index in [0.717, 1.165) is 35.2 Å². The Morgan fingerprint density at radius 2 is 1.83 bits per heavy atom. The van der Waals surface area contributed by atoms with Gasteiger partial charge in [-0.1, -0.05) is 32.1 Å². The van der Waals surface area contributed by atoms with E-state index in [0.29, 0.717) is 0 Å². The summed E-state index contributed by atoms with van der Waals surface area (Å²) < 4.78 is 5.89. The van der Waals surface area contributed by atoms with Crippen molar-refractivity contribution in [2.24, 2.45) is 5.92 Å². The summed E-state index contributed by atoms with van der Waals surface area (Å²) in [6, 6.07) is 9.98. The normalized spacial score (nSPS) is 15.6. The van der Waals surface area contributed by atoms with Crippen LogP contribution in [-0.4, -0.2) is 16.6 Å². The summed E-state index contributed by atoms with van der Waals surface area (Å²) in [5, 5.41) is 0.285. The predicted molar refractivity (Wildman–Crippen MR) is 93.9 cm³/mol. The lowest BCUT2D eigenvalue weighted by Gasteiger charge is -2.21. The Labute approximate surface area is 143 Å². The highest BCUT2D eigenvalue weighted by atomic mass is 35.5. The molecule has 1 fully saturated rings. The van der Waals surface area contributed by atoms with Crippen molar-refractivity contribution in [2.45, 2.75) is 45.4 Å². The van der Waals surface area contributed by atoms with Gasteiger partial charge in [0.2, 0.25) is 5.28 Å². The Hall–Kier alpha value is -1.61. The van der Waals surface area contributed by atoms with Crippen LogP contribution in [0, 0.1) is 12.8 Å². The zero-order valence-corrected chi connectivity index (χ0v) is 14.4. The number of hydrogen-bond acceptors (Lipinski definition) is 3. The molecule has 1 saturated carbocycles. The number of rotatable bonds is 5. The van der Waals surface area contributed by atoms with Crippen LogP contribution in [0.2, 0.25) is 5.28 Å². The quantitative estimate of drug-likeness (QED) is 0.683. The van der Waals surface area contributed by atoms with Crippen LogP contribution >= 0.6 is 11.6 Å². The van der Waals surface area contributed by atoms with Crippen molar-refractivity contribution in [1.82, 2.24) is 9.97 Å². The molecular weight excluding hydrogens is 308 g/mol. The maximum absolute atomic E-state index is 5.93. The Morgan fingerprint density at radius 3 is 2.52 bits per heavy atom. The highest BCUT2D eigenvalue weighted by Crippen LogP contribution is 2.27. The lowest BCUT2D eigenvalue weighted by Crippen LogP contribution is -2.10. The van der Waals surface area contributed by atoms with Gasteiger partial charge in [0.1, 0.15) is 5.75 Å². The van der Waals surface area contributed by atoms with E-state index in [1.54, 1.807) is 0 Å². The van der Waals surface area contributed by atoms with Crippen LogP contribution < -0.4 is 4.74 Å². The first-order valence-electron chi connectivity index (χ1n) is 8.45. The molecule has 3 nitrogen and oxygen atoms in total. The molecule has 2 aromatic rings. The minimum absolute atomic E-state index is 0.285. The lowest BCUT2D eigenvalue weighted by atomic mass is 9.87. The second-order valence-electron chi connectivity index (χ2n) is 6.33. The molecule has 0 bridgehead atoms. The molecule has 0 aliphatic heterocycles. The topological polar surface area (TPSA) is 35.0 Å². The van der Waals surface area contributed by atoms with Crippen LogP contribution in [0.15, 0.2) is 30.3 Å². The van der Waals surface area contributed by atoms with E-state index >= 15 is 0 Å². The van der Waals surface area contributed by atoms with Gasteiger partial charge in [-0.3, -0.25) is 0 Å². The summed E-state index contributed by atoms with van der Waals surface area (Å²) in [6.45, 7) is 2.72. The third kappa shape index (κ3) is 4.68. The van der Waals surface area contributed by atoms with E-state index in [2.05, 4.69) is 9.97 Å². The van der Waals surface area contributed by atoms with Crippen molar-refractivity contribution < 1.29 is 4.74 Å². The predicted octanol–water partition coefficient (Wildman–Crippen LogP) is 5.45. The Kier molecular flexibility index (Phi) is 5.50. The number of halogens is 1. The molecule has 1 heterocycles. The summed E-state index contributed by atoms with van der Waals surface area (Å²) in [4.78, 5) is 8.36. The summed E-state index contributed by atoms with van der Waals surface area (Å²) in [6.07, 6.45) is 8.10. The largest absolute Gasteiger partial charge is 0.494 e. The SMILES string of the molecule is Cc1cc(-c2ccc(OCCC3CCCCC3)cc2)nc(Cl)n1. The van der Waals surface area contributed by atoms with Crippen LogP contribution in [0.3, 0.4) is 0 Å². The highest BCUT2D eigenvalue weighted by molar-refractivity contribution is 6.28. The third-order valence-corrected chi connectivity index (χ3v) is 4.67. The average Bonchev–Trinajstić information content (AvgIpc) is 2.56. The summed E-state index contributed by atoms with van der Waals surface area (Å²) in [7, 11) is 0. The fourth-order valence-electron chi connectivity index (χ4n) is 3.22. The van der Waals surface area contributed by atoms with Crippen molar-refractivity contribution in [3.8, 4) is 17.0 Å². The van der Waals surface area contributed by atoms with Crippen molar-refractivity contribution in [2.75, 3.05) is 6.61 Å². The van der Waals surface area contributed by atoms with Gasteiger partial charge in [0.25, 0.3) is 0 Å². The highest BCUT2D eigenvalue weighted by Gasteiger charge is 2.13. The zero-order valence-electron chi connectivity index (χ0n) is 13.6. The van der Waals surface area contributed by atoms with Crippen molar-refractivity contribution >= 4 is 11.6 Å². The minimum Gasteiger partial charge on any atom is -0.494 e. The molecule has 0 unspecified atom stereocenters. The van der Waals surface area contributed by atoms with Crippen LogP contribution in [0.4, 0.5) is 0 Å². The van der Waals surface area contributed by atoms with Gasteiger partial charge in [0, 0.05) is 11.3 Å². The molecule has 1 aromatic heterocycles. The molecule has 1 aliphatic carbocycles. The maximum Gasteiger partial charge on any atom is 0.223 e. The number of ether oxygens (including phenoxy) is 1. The van der Waals surface area contributed by atoms with Crippen molar-refractivity contribution in [3.63, 3.8) is 0 Å². The number of aryl methyl sites for hydroxylation is 1. The monoisotopic (exact) mass is 330 g/mol. The molecule has 122 valence electrons. The van der Waals surface area contributed by atoms with E-state index in [4.69, 9.17) is 16.3 Å². The Bertz CT molecular complexity index is 616. The molecule has 0 N–H and O–H groups in total. The van der Waals surface area contributed by atoms with Gasteiger partial charge in [-0.05, 0) is 61.2 Å². The Balaban J connectivity index is 1.56. The van der Waals surface area contributed by atoms with Crippen LogP contribution in [0.5, 0.6) is 5.75 Å². The standard InChI is InChI=1S/C19H23ClN2O/c1-14-13-18(22-19(20)21-14)16-7-9-17(10-8-16)23-12-11-15-5-3-2-4-6-15/h7-10,13,15H,2-6,11-12H2,1H3. The van der Waals surface area contributed by atoms with Gasteiger partial charge >= 0.3 is 0 Å². The van der Waals surface area contributed by atoms with Crippen molar-refractivity contribution in [3.05, 3.63) is 41.3 Å². The first-order valence-corrected chi connectivity index (χ1v) is 8.83. The molecule has 0 spiro atoms. The van der Waals surface area contributed by atoms with Gasteiger partial charge < -0.3 is 4.74 Å². The van der Waals surface area contributed by atoms with Crippen molar-refractivity contribution in [1.29, 1.82) is 0 Å². The first kappa shape index (κ1) is 16.3. The van der Waals surface area contributed by atoms with E-state index in [9.17, 15) is 0 Å². The molecule has 3 rings (SSSR count). The van der Waals surface area contributed by atoms with Crippen LogP contribution in [0.25, 0.3) is 11.3 Å². The lowest BCUT2D eigenvalue weighted by molar-refractivity contribution is 0.246. The van der Waals surface area contributed by atoms with E-state index in [1.807, 2.05) is 37.3 Å². The van der Waals surface area contributed by atoms with Gasteiger partial charge in [-0.15, -0.1) is 0 Å².